The summed E-state index contributed by atoms with van der Waals surface area (Å²) in [5.41, 5.74) is 0.368. The molecule has 138 valence electrons. The maximum Gasteiger partial charge on any atom is 0.287 e. The quantitative estimate of drug-likeness (QED) is 0.578. The summed E-state index contributed by atoms with van der Waals surface area (Å²) >= 11 is 0. The highest BCUT2D eigenvalue weighted by Gasteiger charge is 2.13. The zero-order valence-electron chi connectivity index (χ0n) is 14.4. The van der Waals surface area contributed by atoms with Crippen LogP contribution in [0.3, 0.4) is 0 Å². The van der Waals surface area contributed by atoms with Gasteiger partial charge in [-0.3, -0.25) is 14.4 Å². The van der Waals surface area contributed by atoms with Crippen LogP contribution in [-0.2, 0) is 4.79 Å². The predicted octanol–water partition coefficient (Wildman–Crippen LogP) is 0.954. The number of hydrogen-bond donors (Lipinski definition) is 3. The van der Waals surface area contributed by atoms with Crippen molar-refractivity contribution in [2.45, 2.75) is 6.92 Å². The SMILES string of the molecule is CCOc1ccccc1C(=O)NCC(=O)NCCNC(=O)c1ccco1. The monoisotopic (exact) mass is 359 g/mol. The molecule has 1 heterocycles. The minimum atomic E-state index is -0.393. The third kappa shape index (κ3) is 5.66. The Morgan fingerprint density at radius 2 is 1.73 bits per heavy atom. The van der Waals surface area contributed by atoms with Crippen LogP contribution >= 0.6 is 0 Å². The topological polar surface area (TPSA) is 110 Å². The second-order valence-electron chi connectivity index (χ2n) is 5.20. The Bertz CT molecular complexity index is 743. The number of benzene rings is 1. The smallest absolute Gasteiger partial charge is 0.287 e. The number of ether oxygens (including phenoxy) is 1. The molecule has 8 nitrogen and oxygen atoms in total. The van der Waals surface area contributed by atoms with E-state index >= 15 is 0 Å². The lowest BCUT2D eigenvalue weighted by Gasteiger charge is -2.10. The van der Waals surface area contributed by atoms with Gasteiger partial charge in [-0.1, -0.05) is 12.1 Å². The van der Waals surface area contributed by atoms with E-state index in [1.54, 1.807) is 36.4 Å². The van der Waals surface area contributed by atoms with Gasteiger partial charge in [0.1, 0.15) is 5.75 Å². The van der Waals surface area contributed by atoms with Crippen LogP contribution in [0.1, 0.15) is 27.8 Å². The van der Waals surface area contributed by atoms with Crippen LogP contribution in [0.25, 0.3) is 0 Å². The number of para-hydroxylation sites is 1. The van der Waals surface area contributed by atoms with Gasteiger partial charge in [-0.2, -0.15) is 0 Å². The van der Waals surface area contributed by atoms with Crippen LogP contribution in [0.15, 0.2) is 47.1 Å². The van der Waals surface area contributed by atoms with Crippen molar-refractivity contribution in [1.29, 1.82) is 0 Å². The van der Waals surface area contributed by atoms with Crippen LogP contribution in [0.2, 0.25) is 0 Å². The zero-order chi connectivity index (χ0) is 18.8. The van der Waals surface area contributed by atoms with Gasteiger partial charge in [0.25, 0.3) is 11.8 Å². The van der Waals surface area contributed by atoms with Gasteiger partial charge in [-0.25, -0.2) is 0 Å². The number of amides is 3. The summed E-state index contributed by atoms with van der Waals surface area (Å²) < 4.78 is 10.3. The Morgan fingerprint density at radius 1 is 0.962 bits per heavy atom. The number of carbonyl (C=O) groups excluding carboxylic acids is 3. The third-order valence-electron chi connectivity index (χ3n) is 3.32. The van der Waals surface area contributed by atoms with Gasteiger partial charge in [-0.15, -0.1) is 0 Å². The van der Waals surface area contributed by atoms with E-state index in [1.165, 1.54) is 6.26 Å². The molecule has 0 saturated heterocycles. The first-order chi connectivity index (χ1) is 12.6. The van der Waals surface area contributed by atoms with Crippen LogP contribution in [-0.4, -0.2) is 44.0 Å². The first kappa shape index (κ1) is 19.0. The van der Waals surface area contributed by atoms with Crippen LogP contribution < -0.4 is 20.7 Å². The van der Waals surface area contributed by atoms with Crippen LogP contribution in [0.4, 0.5) is 0 Å². The van der Waals surface area contributed by atoms with Crippen molar-refractivity contribution in [3.63, 3.8) is 0 Å². The van der Waals surface area contributed by atoms with E-state index in [2.05, 4.69) is 16.0 Å². The molecule has 8 heteroatoms. The molecule has 0 unspecified atom stereocenters. The lowest BCUT2D eigenvalue weighted by molar-refractivity contribution is -0.120. The molecule has 0 aliphatic rings. The van der Waals surface area contributed by atoms with Gasteiger partial charge in [0.2, 0.25) is 5.91 Å². The van der Waals surface area contributed by atoms with Crippen molar-refractivity contribution in [2.24, 2.45) is 0 Å². The second-order valence-corrected chi connectivity index (χ2v) is 5.20. The Hall–Kier alpha value is -3.29. The summed E-state index contributed by atoms with van der Waals surface area (Å²) in [4.78, 5) is 35.6. The summed E-state index contributed by atoms with van der Waals surface area (Å²) in [6, 6.07) is 9.97. The lowest BCUT2D eigenvalue weighted by atomic mass is 10.2. The van der Waals surface area contributed by atoms with Crippen molar-refractivity contribution < 1.29 is 23.5 Å². The molecule has 0 bridgehead atoms. The Balaban J connectivity index is 1.68. The van der Waals surface area contributed by atoms with Crippen molar-refractivity contribution in [3.8, 4) is 5.75 Å². The van der Waals surface area contributed by atoms with Gasteiger partial charge in [0.15, 0.2) is 5.76 Å². The van der Waals surface area contributed by atoms with Gasteiger partial charge in [0, 0.05) is 13.1 Å². The molecule has 0 aliphatic carbocycles. The van der Waals surface area contributed by atoms with Gasteiger partial charge >= 0.3 is 0 Å². The lowest BCUT2D eigenvalue weighted by Crippen LogP contribution is -2.40. The minimum Gasteiger partial charge on any atom is -0.493 e. The molecule has 1 aromatic heterocycles. The van der Waals surface area contributed by atoms with Crippen molar-refractivity contribution >= 4 is 17.7 Å². The predicted molar refractivity (Wildman–Crippen MR) is 94.0 cm³/mol. The average Bonchev–Trinajstić information content (AvgIpc) is 3.18. The molecule has 3 N–H and O–H groups in total. The molecule has 2 aromatic rings. The maximum atomic E-state index is 12.2. The molecule has 0 radical (unpaired) electrons. The molecule has 0 fully saturated rings. The molecule has 0 spiro atoms. The van der Waals surface area contributed by atoms with E-state index in [-0.39, 0.29) is 37.2 Å². The second kappa shape index (κ2) is 9.87. The van der Waals surface area contributed by atoms with Crippen molar-refractivity contribution in [3.05, 3.63) is 54.0 Å². The molecule has 3 amide bonds. The maximum absolute atomic E-state index is 12.2. The molecule has 1 aromatic carbocycles. The summed E-state index contributed by atoms with van der Waals surface area (Å²) in [6.07, 6.45) is 1.41. The van der Waals surface area contributed by atoms with Gasteiger partial charge in [0.05, 0.1) is 25.0 Å². The summed E-state index contributed by atoms with van der Waals surface area (Å²) in [5.74, 6) is -0.440. The first-order valence-electron chi connectivity index (χ1n) is 8.20. The highest BCUT2D eigenvalue weighted by atomic mass is 16.5. The summed E-state index contributed by atoms with van der Waals surface area (Å²) in [6.45, 7) is 2.57. The molecule has 0 saturated carbocycles. The zero-order valence-corrected chi connectivity index (χ0v) is 14.4. The molecular formula is C18H21N3O5. The standard InChI is InChI=1S/C18H21N3O5/c1-2-25-14-7-4-3-6-13(14)17(23)21-12-16(22)19-9-10-20-18(24)15-8-5-11-26-15/h3-8,11H,2,9-10,12H2,1H3,(H,19,22)(H,20,24)(H,21,23). The number of carbonyl (C=O) groups is 3. The highest BCUT2D eigenvalue weighted by Crippen LogP contribution is 2.17. The summed E-state index contributed by atoms with van der Waals surface area (Å²) in [7, 11) is 0. The van der Waals surface area contributed by atoms with Crippen molar-refractivity contribution in [2.75, 3.05) is 26.2 Å². The van der Waals surface area contributed by atoms with E-state index in [9.17, 15) is 14.4 Å². The van der Waals surface area contributed by atoms with Crippen LogP contribution in [0.5, 0.6) is 5.75 Å². The molecule has 2 rings (SSSR count). The van der Waals surface area contributed by atoms with E-state index < -0.39 is 5.91 Å². The van der Waals surface area contributed by atoms with E-state index in [1.807, 2.05) is 6.92 Å². The highest BCUT2D eigenvalue weighted by molar-refractivity contribution is 5.98. The Kier molecular flexibility index (Phi) is 7.23. The van der Waals surface area contributed by atoms with Crippen LogP contribution in [0, 0.1) is 0 Å². The first-order valence-corrected chi connectivity index (χ1v) is 8.20. The number of rotatable bonds is 9. The van der Waals surface area contributed by atoms with Crippen molar-refractivity contribution in [1.82, 2.24) is 16.0 Å². The normalized spacial score (nSPS) is 10.0. The summed E-state index contributed by atoms with van der Waals surface area (Å²) in [5, 5.41) is 7.74. The van der Waals surface area contributed by atoms with E-state index in [0.29, 0.717) is 17.9 Å². The fraction of sp³-hybridized carbons (Fsp3) is 0.278. The largest absolute Gasteiger partial charge is 0.493 e. The molecule has 26 heavy (non-hydrogen) atoms. The minimum absolute atomic E-state index is 0.175. The van der Waals surface area contributed by atoms with E-state index in [0.717, 1.165) is 0 Å². The van der Waals surface area contributed by atoms with Gasteiger partial charge < -0.3 is 25.1 Å². The fourth-order valence-corrected chi connectivity index (χ4v) is 2.13. The van der Waals surface area contributed by atoms with Gasteiger partial charge in [-0.05, 0) is 31.2 Å². The number of hydrogen-bond acceptors (Lipinski definition) is 5. The molecular weight excluding hydrogens is 338 g/mol. The van der Waals surface area contributed by atoms with E-state index in [4.69, 9.17) is 9.15 Å². The third-order valence-corrected chi connectivity index (χ3v) is 3.32. The Labute approximate surface area is 150 Å². The molecule has 0 aliphatic heterocycles. The fourth-order valence-electron chi connectivity index (χ4n) is 2.13. The Morgan fingerprint density at radius 3 is 2.46 bits per heavy atom. The average molecular weight is 359 g/mol. The number of nitrogens with one attached hydrogen (secondary N) is 3. The molecule has 0 atom stereocenters. The number of furan rings is 1.